The van der Waals surface area contributed by atoms with E-state index in [1.54, 1.807) is 28.4 Å². The van der Waals surface area contributed by atoms with E-state index in [-0.39, 0.29) is 30.6 Å². The second-order valence-corrected chi connectivity index (χ2v) is 5.16. The van der Waals surface area contributed by atoms with Crippen LogP contribution in [0.3, 0.4) is 0 Å². The number of benzene rings is 1. The molecule has 1 fully saturated rings. The minimum Gasteiger partial charge on any atom is -0.382 e. The average molecular weight is 311 g/mol. The van der Waals surface area contributed by atoms with Crippen molar-refractivity contribution < 1.29 is 23.7 Å². The van der Waals surface area contributed by atoms with Gasteiger partial charge in [-0.1, -0.05) is 18.2 Å². The van der Waals surface area contributed by atoms with E-state index in [0.717, 1.165) is 5.69 Å². The Labute approximate surface area is 131 Å². The lowest BCUT2D eigenvalue weighted by Crippen LogP contribution is -2.62. The third kappa shape index (κ3) is 3.77. The first-order chi connectivity index (χ1) is 10.7. The van der Waals surface area contributed by atoms with Crippen LogP contribution in [-0.2, 0) is 23.7 Å². The summed E-state index contributed by atoms with van der Waals surface area (Å²) in [6.07, 6.45) is -1.42. The van der Waals surface area contributed by atoms with E-state index >= 15 is 0 Å². The Bertz CT molecular complexity index is 430. The van der Waals surface area contributed by atoms with E-state index in [1.807, 2.05) is 30.3 Å². The quantitative estimate of drug-likeness (QED) is 0.824. The van der Waals surface area contributed by atoms with Crippen molar-refractivity contribution in [2.45, 2.75) is 30.6 Å². The number of anilines is 1. The molecule has 0 radical (unpaired) electrons. The van der Waals surface area contributed by atoms with Gasteiger partial charge in [0.1, 0.15) is 24.4 Å². The molecule has 2 rings (SSSR count). The van der Waals surface area contributed by atoms with E-state index in [2.05, 4.69) is 5.32 Å². The van der Waals surface area contributed by atoms with Crippen LogP contribution < -0.4 is 5.32 Å². The third-order valence-corrected chi connectivity index (χ3v) is 3.86. The lowest BCUT2D eigenvalue weighted by molar-refractivity contribution is -0.243. The van der Waals surface area contributed by atoms with Crippen molar-refractivity contribution in [2.24, 2.45) is 0 Å². The molecule has 6 nitrogen and oxygen atoms in total. The Morgan fingerprint density at radius 2 is 1.55 bits per heavy atom. The monoisotopic (exact) mass is 311 g/mol. The van der Waals surface area contributed by atoms with Gasteiger partial charge in [0.25, 0.3) is 0 Å². The number of methoxy groups -OCH3 is 4. The van der Waals surface area contributed by atoms with Crippen molar-refractivity contribution in [1.82, 2.24) is 0 Å². The van der Waals surface area contributed by atoms with E-state index in [0.29, 0.717) is 6.61 Å². The second-order valence-electron chi connectivity index (χ2n) is 5.16. The molecule has 22 heavy (non-hydrogen) atoms. The predicted octanol–water partition coefficient (Wildman–Crippen LogP) is 1.51. The Balaban J connectivity index is 2.19. The zero-order chi connectivity index (χ0) is 15.9. The van der Waals surface area contributed by atoms with Gasteiger partial charge in [-0.05, 0) is 12.1 Å². The summed E-state index contributed by atoms with van der Waals surface area (Å²) < 4.78 is 28.1. The Morgan fingerprint density at radius 1 is 0.909 bits per heavy atom. The van der Waals surface area contributed by atoms with E-state index in [4.69, 9.17) is 23.7 Å². The molecule has 0 spiro atoms. The molecule has 0 saturated carbocycles. The summed E-state index contributed by atoms with van der Waals surface area (Å²) in [5, 5.41) is 3.34. The largest absolute Gasteiger partial charge is 0.382 e. The van der Waals surface area contributed by atoms with Gasteiger partial charge in [-0.3, -0.25) is 0 Å². The van der Waals surface area contributed by atoms with Gasteiger partial charge in [0.05, 0.1) is 6.61 Å². The summed E-state index contributed by atoms with van der Waals surface area (Å²) in [5.74, 6) is 0. The number of hydrogen-bond donors (Lipinski definition) is 1. The van der Waals surface area contributed by atoms with Crippen LogP contribution in [0.15, 0.2) is 30.3 Å². The molecular formula is C16H25NO5. The maximum atomic E-state index is 6.10. The van der Waals surface area contributed by atoms with E-state index < -0.39 is 0 Å². The molecule has 0 aromatic heterocycles. The fraction of sp³-hybridized carbons (Fsp3) is 0.625. The number of ether oxygens (including phenoxy) is 5. The van der Waals surface area contributed by atoms with Gasteiger partial charge in [-0.15, -0.1) is 0 Å². The third-order valence-electron chi connectivity index (χ3n) is 3.86. The Kier molecular flexibility index (Phi) is 6.60. The molecule has 1 aliphatic heterocycles. The molecule has 0 amide bonds. The highest BCUT2D eigenvalue weighted by Crippen LogP contribution is 2.28. The molecule has 5 atom stereocenters. The Morgan fingerprint density at radius 3 is 2.09 bits per heavy atom. The first kappa shape index (κ1) is 17.2. The summed E-state index contributed by atoms with van der Waals surface area (Å²) in [7, 11) is 6.57. The van der Waals surface area contributed by atoms with Crippen LogP contribution in [0.1, 0.15) is 0 Å². The minimum atomic E-state index is -0.358. The van der Waals surface area contributed by atoms with Crippen LogP contribution in [0.5, 0.6) is 0 Å². The van der Waals surface area contributed by atoms with Crippen molar-refractivity contribution in [3.8, 4) is 0 Å². The number of para-hydroxylation sites is 1. The molecule has 1 saturated heterocycles. The SMILES string of the molecule is COC[C@H]1OC(Nc2ccccc2)[C@H](OC)[C@@H](OC)[C@H]1OC. The topological polar surface area (TPSA) is 58.2 Å². The number of rotatable bonds is 7. The zero-order valence-corrected chi connectivity index (χ0v) is 13.5. The summed E-state index contributed by atoms with van der Waals surface area (Å²) in [4.78, 5) is 0. The molecule has 1 heterocycles. The molecule has 1 aromatic carbocycles. The summed E-state index contributed by atoms with van der Waals surface area (Å²) >= 11 is 0. The maximum absolute atomic E-state index is 6.10. The van der Waals surface area contributed by atoms with Crippen LogP contribution in [0.2, 0.25) is 0 Å². The molecule has 1 aromatic rings. The molecule has 1 aliphatic rings. The zero-order valence-electron chi connectivity index (χ0n) is 13.5. The predicted molar refractivity (Wildman–Crippen MR) is 83.0 cm³/mol. The molecule has 124 valence electrons. The van der Waals surface area contributed by atoms with Gasteiger partial charge < -0.3 is 29.0 Å². The van der Waals surface area contributed by atoms with Crippen LogP contribution in [-0.4, -0.2) is 65.7 Å². The van der Waals surface area contributed by atoms with Crippen molar-refractivity contribution >= 4 is 5.69 Å². The van der Waals surface area contributed by atoms with Gasteiger partial charge in [-0.25, -0.2) is 0 Å². The number of nitrogens with one attached hydrogen (secondary N) is 1. The highest BCUT2D eigenvalue weighted by atomic mass is 16.6. The first-order valence-electron chi connectivity index (χ1n) is 7.29. The van der Waals surface area contributed by atoms with Crippen molar-refractivity contribution in [2.75, 3.05) is 40.4 Å². The van der Waals surface area contributed by atoms with E-state index in [9.17, 15) is 0 Å². The summed E-state index contributed by atoms with van der Waals surface area (Å²) in [5.41, 5.74) is 0.955. The van der Waals surface area contributed by atoms with Gasteiger partial charge in [-0.2, -0.15) is 0 Å². The van der Waals surface area contributed by atoms with Gasteiger partial charge >= 0.3 is 0 Å². The molecule has 6 heteroatoms. The lowest BCUT2D eigenvalue weighted by Gasteiger charge is -2.45. The minimum absolute atomic E-state index is 0.243. The summed E-state index contributed by atoms with van der Waals surface area (Å²) in [6, 6.07) is 9.85. The lowest BCUT2D eigenvalue weighted by atomic mass is 9.97. The average Bonchev–Trinajstić information content (AvgIpc) is 2.55. The first-order valence-corrected chi connectivity index (χ1v) is 7.29. The van der Waals surface area contributed by atoms with Crippen molar-refractivity contribution in [3.05, 3.63) is 30.3 Å². The van der Waals surface area contributed by atoms with Crippen LogP contribution in [0, 0.1) is 0 Å². The van der Waals surface area contributed by atoms with Crippen LogP contribution >= 0.6 is 0 Å². The summed E-state index contributed by atoms with van der Waals surface area (Å²) in [6.45, 7) is 0.418. The Hall–Kier alpha value is -1.18. The molecule has 1 N–H and O–H groups in total. The highest BCUT2D eigenvalue weighted by Gasteiger charge is 2.47. The van der Waals surface area contributed by atoms with Crippen LogP contribution in [0.4, 0.5) is 5.69 Å². The maximum Gasteiger partial charge on any atom is 0.157 e. The van der Waals surface area contributed by atoms with E-state index in [1.165, 1.54) is 0 Å². The fourth-order valence-electron chi connectivity index (χ4n) is 2.84. The van der Waals surface area contributed by atoms with Crippen LogP contribution in [0.25, 0.3) is 0 Å². The standard InChI is InChI=1S/C16H25NO5/c1-18-10-12-13(19-2)14(20-3)15(21-4)16(22-12)17-11-8-6-5-7-9-11/h5-9,12-17H,10H2,1-4H3/t12-,13+,14+,15-,16?/m1/s1. The van der Waals surface area contributed by atoms with Crippen molar-refractivity contribution in [1.29, 1.82) is 0 Å². The number of hydrogen-bond acceptors (Lipinski definition) is 6. The molecule has 1 unspecified atom stereocenters. The smallest absolute Gasteiger partial charge is 0.157 e. The second kappa shape index (κ2) is 8.45. The van der Waals surface area contributed by atoms with Crippen molar-refractivity contribution in [3.63, 3.8) is 0 Å². The van der Waals surface area contributed by atoms with Gasteiger partial charge in [0, 0.05) is 34.1 Å². The highest BCUT2D eigenvalue weighted by molar-refractivity contribution is 5.43. The van der Waals surface area contributed by atoms with Gasteiger partial charge in [0.2, 0.25) is 0 Å². The fourth-order valence-corrected chi connectivity index (χ4v) is 2.84. The molecule has 0 aliphatic carbocycles. The molecular weight excluding hydrogens is 286 g/mol. The molecule has 0 bridgehead atoms. The normalized spacial score (nSPS) is 31.9. The van der Waals surface area contributed by atoms with Gasteiger partial charge in [0.15, 0.2) is 6.23 Å².